The maximum absolute atomic E-state index is 12.7. The number of halogens is 4. The molecule has 3 heterocycles. The Balaban J connectivity index is 1.46. The third-order valence-electron chi connectivity index (χ3n) is 4.74. The van der Waals surface area contributed by atoms with E-state index in [-0.39, 0.29) is 29.7 Å². The summed E-state index contributed by atoms with van der Waals surface area (Å²) in [6, 6.07) is 0.801. The zero-order valence-electron chi connectivity index (χ0n) is 16.0. The van der Waals surface area contributed by atoms with Crippen molar-refractivity contribution in [2.45, 2.75) is 31.2 Å². The fourth-order valence-electron chi connectivity index (χ4n) is 3.32. The van der Waals surface area contributed by atoms with E-state index >= 15 is 0 Å². The predicted octanol–water partition coefficient (Wildman–Crippen LogP) is 2.59. The van der Waals surface area contributed by atoms with Crippen molar-refractivity contribution < 1.29 is 27.4 Å². The summed E-state index contributed by atoms with van der Waals surface area (Å²) in [7, 11) is 1.69. The number of ether oxygens (including phenoxy) is 3. The van der Waals surface area contributed by atoms with E-state index in [1.807, 2.05) is 0 Å². The monoisotopic (exact) mass is 436 g/mol. The second-order valence-electron chi connectivity index (χ2n) is 6.74. The number of hydrogen-bond acceptors (Lipinski definition) is 5. The molecule has 2 unspecified atom stereocenters. The first kappa shape index (κ1) is 21.9. The second-order valence-corrected chi connectivity index (χ2v) is 7.15. The number of alkyl halides is 3. The molecule has 1 N–H and O–H groups in total. The van der Waals surface area contributed by atoms with Crippen molar-refractivity contribution >= 4 is 17.6 Å². The maximum atomic E-state index is 12.7. The van der Waals surface area contributed by atoms with Gasteiger partial charge in [-0.25, -0.2) is 4.98 Å². The topological polar surface area (TPSA) is 68.2 Å². The Morgan fingerprint density at radius 3 is 2.83 bits per heavy atom. The van der Waals surface area contributed by atoms with Gasteiger partial charge in [0.1, 0.15) is 17.7 Å². The number of nitrogens with one attached hydrogen (secondary N) is 1. The van der Waals surface area contributed by atoms with E-state index in [4.69, 9.17) is 25.8 Å². The molecule has 1 aromatic heterocycles. The zero-order valence-corrected chi connectivity index (χ0v) is 16.8. The van der Waals surface area contributed by atoms with Gasteiger partial charge in [-0.1, -0.05) is 11.6 Å². The number of rotatable bonds is 5. The summed E-state index contributed by atoms with van der Waals surface area (Å²) in [4.78, 5) is 10.0. The Labute approximate surface area is 172 Å². The van der Waals surface area contributed by atoms with Gasteiger partial charge in [0, 0.05) is 32.9 Å². The van der Waals surface area contributed by atoms with Gasteiger partial charge in [0.15, 0.2) is 5.96 Å². The number of aromatic nitrogens is 1. The van der Waals surface area contributed by atoms with E-state index in [2.05, 4.69) is 20.2 Å². The standard InChI is InChI=1S/C18H24ClF3N4O3/c1-23-17(26-5-8-28-15(11-26)14-3-2-6-27-14)24-4-7-29-16-13(19)9-12(10-25-16)18(20,21)22/h9-10,14-15H,2-8,11H2,1H3,(H,23,24). The molecule has 11 heteroatoms. The average Bonchev–Trinajstić information content (AvgIpc) is 3.23. The predicted molar refractivity (Wildman–Crippen MR) is 101 cm³/mol. The quantitative estimate of drug-likeness (QED) is 0.435. The highest BCUT2D eigenvalue weighted by molar-refractivity contribution is 6.31. The Morgan fingerprint density at radius 2 is 2.17 bits per heavy atom. The highest BCUT2D eigenvalue weighted by Gasteiger charge is 2.33. The summed E-state index contributed by atoms with van der Waals surface area (Å²) < 4.78 is 54.9. The van der Waals surface area contributed by atoms with Crippen LogP contribution in [0.1, 0.15) is 18.4 Å². The van der Waals surface area contributed by atoms with E-state index in [1.165, 1.54) is 0 Å². The van der Waals surface area contributed by atoms with Crippen LogP contribution in [0.3, 0.4) is 0 Å². The summed E-state index contributed by atoms with van der Waals surface area (Å²) in [5, 5.41) is 3.00. The molecular formula is C18H24ClF3N4O3. The van der Waals surface area contributed by atoms with Crippen LogP contribution in [-0.2, 0) is 15.7 Å². The van der Waals surface area contributed by atoms with Crippen LogP contribution in [0.5, 0.6) is 5.88 Å². The van der Waals surface area contributed by atoms with Crippen LogP contribution in [0.15, 0.2) is 17.3 Å². The molecule has 2 fully saturated rings. The van der Waals surface area contributed by atoms with Crippen molar-refractivity contribution in [3.63, 3.8) is 0 Å². The molecule has 0 spiro atoms. The summed E-state index contributed by atoms with van der Waals surface area (Å²) in [5.41, 5.74) is -0.915. The van der Waals surface area contributed by atoms with Crippen LogP contribution in [0.2, 0.25) is 5.02 Å². The van der Waals surface area contributed by atoms with Gasteiger partial charge in [-0.05, 0) is 18.9 Å². The lowest BCUT2D eigenvalue weighted by atomic mass is 10.1. The van der Waals surface area contributed by atoms with Crippen molar-refractivity contribution in [1.29, 1.82) is 0 Å². The van der Waals surface area contributed by atoms with Crippen LogP contribution in [0.25, 0.3) is 0 Å². The Hall–Kier alpha value is -1.78. The first-order chi connectivity index (χ1) is 13.9. The van der Waals surface area contributed by atoms with Crippen molar-refractivity contribution in [1.82, 2.24) is 15.2 Å². The first-order valence-electron chi connectivity index (χ1n) is 9.43. The molecule has 0 saturated carbocycles. The number of morpholine rings is 1. The van der Waals surface area contributed by atoms with Crippen LogP contribution in [0.4, 0.5) is 13.2 Å². The summed E-state index contributed by atoms with van der Waals surface area (Å²) >= 11 is 5.84. The Kier molecular flexibility index (Phi) is 7.42. The molecule has 0 aromatic carbocycles. The molecule has 7 nitrogen and oxygen atoms in total. The highest BCUT2D eigenvalue weighted by atomic mass is 35.5. The third-order valence-corrected chi connectivity index (χ3v) is 5.01. The SMILES string of the molecule is CN=C(NCCOc1ncc(C(F)(F)F)cc1Cl)N1CCOC(C2CCCO2)C1. The third kappa shape index (κ3) is 5.86. The van der Waals surface area contributed by atoms with E-state index in [0.717, 1.165) is 25.5 Å². The zero-order chi connectivity index (χ0) is 20.9. The van der Waals surface area contributed by atoms with Crippen molar-refractivity contribution in [2.24, 2.45) is 4.99 Å². The summed E-state index contributed by atoms with van der Waals surface area (Å²) in [6.45, 7) is 3.29. The largest absolute Gasteiger partial charge is 0.475 e. The molecule has 29 heavy (non-hydrogen) atoms. The van der Waals surface area contributed by atoms with Gasteiger partial charge in [-0.3, -0.25) is 4.99 Å². The molecule has 2 atom stereocenters. The second kappa shape index (κ2) is 9.82. The number of guanidine groups is 1. The fourth-order valence-corrected chi connectivity index (χ4v) is 3.54. The summed E-state index contributed by atoms with van der Waals surface area (Å²) in [5.74, 6) is 0.660. The molecule has 0 aliphatic carbocycles. The lowest BCUT2D eigenvalue weighted by Crippen LogP contribution is -2.53. The van der Waals surface area contributed by atoms with Crippen LogP contribution < -0.4 is 10.1 Å². The van der Waals surface area contributed by atoms with E-state index < -0.39 is 11.7 Å². The van der Waals surface area contributed by atoms with E-state index in [1.54, 1.807) is 7.05 Å². The van der Waals surface area contributed by atoms with E-state index in [9.17, 15) is 13.2 Å². The fraction of sp³-hybridized carbons (Fsp3) is 0.667. The molecule has 0 amide bonds. The van der Waals surface area contributed by atoms with Crippen molar-refractivity contribution in [3.05, 3.63) is 22.8 Å². The molecule has 0 bridgehead atoms. The minimum atomic E-state index is -4.50. The van der Waals surface area contributed by atoms with Crippen LogP contribution in [-0.4, -0.2) is 74.6 Å². The molecule has 3 rings (SSSR count). The Bertz CT molecular complexity index is 714. The Morgan fingerprint density at radius 1 is 1.38 bits per heavy atom. The number of pyridine rings is 1. The smallest absolute Gasteiger partial charge is 0.417 e. The van der Waals surface area contributed by atoms with Gasteiger partial charge < -0.3 is 24.4 Å². The van der Waals surface area contributed by atoms with E-state index in [0.29, 0.717) is 38.4 Å². The maximum Gasteiger partial charge on any atom is 0.417 e. The van der Waals surface area contributed by atoms with Gasteiger partial charge in [0.05, 0.1) is 24.8 Å². The molecule has 0 radical (unpaired) electrons. The number of nitrogens with zero attached hydrogens (tertiary/aromatic N) is 3. The number of aliphatic imine (C=N–C) groups is 1. The van der Waals surface area contributed by atoms with Gasteiger partial charge in [0.25, 0.3) is 0 Å². The van der Waals surface area contributed by atoms with Crippen LogP contribution >= 0.6 is 11.6 Å². The van der Waals surface area contributed by atoms with Gasteiger partial charge in [-0.2, -0.15) is 13.2 Å². The minimum Gasteiger partial charge on any atom is -0.475 e. The molecule has 2 aliphatic rings. The number of hydrogen-bond donors (Lipinski definition) is 1. The molecular weight excluding hydrogens is 413 g/mol. The normalized spacial score (nSPS) is 23.3. The average molecular weight is 437 g/mol. The minimum absolute atomic E-state index is 0.0104. The van der Waals surface area contributed by atoms with Gasteiger partial charge in [-0.15, -0.1) is 0 Å². The lowest BCUT2D eigenvalue weighted by molar-refractivity contribution is -0.137. The van der Waals surface area contributed by atoms with Crippen molar-refractivity contribution in [3.8, 4) is 5.88 Å². The summed E-state index contributed by atoms with van der Waals surface area (Å²) in [6.07, 6.45) is -1.62. The highest BCUT2D eigenvalue weighted by Crippen LogP contribution is 2.33. The van der Waals surface area contributed by atoms with Crippen molar-refractivity contribution in [2.75, 3.05) is 46.5 Å². The lowest BCUT2D eigenvalue weighted by Gasteiger charge is -2.37. The first-order valence-corrected chi connectivity index (χ1v) is 9.80. The molecule has 2 aliphatic heterocycles. The molecule has 2 saturated heterocycles. The molecule has 162 valence electrons. The van der Waals surface area contributed by atoms with Gasteiger partial charge >= 0.3 is 6.18 Å². The van der Waals surface area contributed by atoms with Crippen LogP contribution in [0, 0.1) is 0 Å². The molecule has 1 aromatic rings. The van der Waals surface area contributed by atoms with Gasteiger partial charge in [0.2, 0.25) is 5.88 Å².